The Hall–Kier alpha value is -5.24. The van der Waals surface area contributed by atoms with E-state index in [0.717, 1.165) is 18.2 Å². The van der Waals surface area contributed by atoms with Crippen molar-refractivity contribution in [2.24, 2.45) is 0 Å². The summed E-state index contributed by atoms with van der Waals surface area (Å²) in [4.78, 5) is 26.4. The minimum absolute atomic E-state index is 0.00129. The minimum atomic E-state index is -2.08. The molecule has 3 aromatic carbocycles. The molecule has 3 aliphatic rings. The molecule has 3 saturated heterocycles. The third-order valence-corrected chi connectivity index (χ3v) is 10.6. The molecule has 0 aliphatic carbocycles. The lowest BCUT2D eigenvalue weighted by molar-refractivity contribution is -0.325. The van der Waals surface area contributed by atoms with Gasteiger partial charge in [0.25, 0.3) is 0 Å². The van der Waals surface area contributed by atoms with Crippen molar-refractivity contribution in [1.29, 1.82) is 0 Å². The molecule has 1 aromatic heterocycles. The molecule has 334 valence electrons. The summed E-state index contributed by atoms with van der Waals surface area (Å²) in [5, 5.41) is 127. The second-order valence-corrected chi connectivity index (χ2v) is 14.8. The number of hydrogen-bond acceptors (Lipinski definition) is 21. The van der Waals surface area contributed by atoms with E-state index in [-0.39, 0.29) is 22.8 Å². The van der Waals surface area contributed by atoms with Gasteiger partial charge in [-0.3, -0.25) is 4.79 Å². The van der Waals surface area contributed by atoms with Crippen molar-refractivity contribution >= 4 is 23.0 Å². The minimum Gasteiger partial charge on any atom is -0.508 e. The van der Waals surface area contributed by atoms with Crippen LogP contribution < -0.4 is 10.2 Å². The number of rotatable bonds is 11. The molecule has 0 amide bonds. The first kappa shape index (κ1) is 44.8. The molecule has 3 aliphatic heterocycles. The van der Waals surface area contributed by atoms with Crippen LogP contribution in [0.3, 0.4) is 0 Å². The fraction of sp³-hybridized carbons (Fsp3) is 0.415. The van der Waals surface area contributed by atoms with Crippen molar-refractivity contribution in [1.82, 2.24) is 0 Å². The SMILES string of the molecule is O=C(C=Cc1ccc(O)cc1)OC[C@H]1O[C@@H](Oc2cc3oc(-c4ccc(O)cc4)cc(=O)c3c(O)c2[C@@H]2O[C@H](CO)[C@H](O)[C@H](O)[C@H]2O[C@@H]2OC[C@@H](O)[C@H](O)[C@H]2O)[C@H](O)[C@@H](O)[C@@H]1O. The molecule has 0 spiro atoms. The number of aliphatic hydroxyl groups excluding tert-OH is 9. The predicted molar refractivity (Wildman–Crippen MR) is 206 cm³/mol. The first-order valence-electron chi connectivity index (χ1n) is 19.1. The molecule has 0 unspecified atom stereocenters. The van der Waals surface area contributed by atoms with Gasteiger partial charge in [0.1, 0.15) is 120 Å². The van der Waals surface area contributed by atoms with Gasteiger partial charge in [0.05, 0.1) is 18.8 Å². The summed E-state index contributed by atoms with van der Waals surface area (Å²) >= 11 is 0. The van der Waals surface area contributed by atoms with E-state index in [4.69, 9.17) is 32.8 Å². The van der Waals surface area contributed by atoms with Crippen LogP contribution in [0, 0.1) is 0 Å². The Labute approximate surface area is 349 Å². The van der Waals surface area contributed by atoms with Crippen molar-refractivity contribution in [3.05, 3.63) is 88.1 Å². The largest absolute Gasteiger partial charge is 0.508 e. The average Bonchev–Trinajstić information content (AvgIpc) is 3.25. The molecule has 4 aromatic rings. The number of esters is 1. The molecular formula is C41H44O21. The van der Waals surface area contributed by atoms with Gasteiger partial charge >= 0.3 is 5.97 Å². The topological polar surface area (TPSA) is 345 Å². The molecule has 21 nitrogen and oxygen atoms in total. The Morgan fingerprint density at radius 2 is 1.39 bits per heavy atom. The zero-order valence-corrected chi connectivity index (χ0v) is 32.2. The summed E-state index contributed by atoms with van der Waals surface area (Å²) in [6.07, 6.45) is -23.6. The second kappa shape index (κ2) is 18.6. The van der Waals surface area contributed by atoms with Crippen molar-refractivity contribution in [3.8, 4) is 34.3 Å². The van der Waals surface area contributed by atoms with Crippen LogP contribution in [0.15, 0.2) is 76.0 Å². The van der Waals surface area contributed by atoms with Gasteiger partial charge < -0.3 is 94.1 Å². The number of phenolic OH excluding ortho intramolecular Hbond substituents is 3. The van der Waals surface area contributed by atoms with E-state index in [9.17, 15) is 70.9 Å². The van der Waals surface area contributed by atoms with Crippen LogP contribution in [0.5, 0.6) is 23.0 Å². The maximum absolute atomic E-state index is 13.8. The highest BCUT2D eigenvalue weighted by molar-refractivity contribution is 5.88. The predicted octanol–water partition coefficient (Wildman–Crippen LogP) is -2.00. The quantitative estimate of drug-likeness (QED) is 0.0573. The Morgan fingerprint density at radius 1 is 0.742 bits per heavy atom. The van der Waals surface area contributed by atoms with E-state index in [1.54, 1.807) is 0 Å². The van der Waals surface area contributed by atoms with Crippen molar-refractivity contribution < 1.29 is 98.9 Å². The highest BCUT2D eigenvalue weighted by Crippen LogP contribution is 2.47. The standard InChI is InChI=1S/C41H44O21/c42-13-25-31(49)35(53)39(62-40-36(54)30(48)21(46)14-57-40)38(59-25)29-24(12-23-28(33(29)51)20(45)11-22(58-23)17-4-8-19(44)9-5-17)60-41-37(55)34(52)32(50)26(61-41)15-56-27(47)10-3-16-1-6-18(43)7-2-16/h1-12,21,25-26,30-32,34-44,46,48-55H,13-15H2/t21-,25-,26-,30+,31+,32-,34+,35+,36-,37-,38+,39-,40+,41-/m1/s1. The van der Waals surface area contributed by atoms with Gasteiger partial charge in [-0.15, -0.1) is 0 Å². The highest BCUT2D eigenvalue weighted by Gasteiger charge is 2.52. The van der Waals surface area contributed by atoms with Crippen LogP contribution in [0.2, 0.25) is 0 Å². The van der Waals surface area contributed by atoms with E-state index >= 15 is 0 Å². The molecule has 4 heterocycles. The Balaban J connectivity index is 1.28. The molecular weight excluding hydrogens is 828 g/mol. The second-order valence-electron chi connectivity index (χ2n) is 14.8. The lowest BCUT2D eigenvalue weighted by Crippen LogP contribution is -2.61. The number of phenols is 3. The van der Waals surface area contributed by atoms with Crippen LogP contribution in [0.25, 0.3) is 28.4 Å². The fourth-order valence-electron chi connectivity index (χ4n) is 7.20. The molecule has 7 rings (SSSR count). The van der Waals surface area contributed by atoms with Crippen LogP contribution in [-0.4, -0.2) is 167 Å². The number of ether oxygens (including phenoxy) is 6. The maximum atomic E-state index is 13.8. The van der Waals surface area contributed by atoms with E-state index < -0.39 is 139 Å². The van der Waals surface area contributed by atoms with Gasteiger partial charge in [0.15, 0.2) is 11.7 Å². The zero-order valence-electron chi connectivity index (χ0n) is 32.2. The van der Waals surface area contributed by atoms with Gasteiger partial charge in [0.2, 0.25) is 6.29 Å². The summed E-state index contributed by atoms with van der Waals surface area (Å²) in [6, 6.07) is 13.4. The normalized spacial score (nSPS) is 32.8. The van der Waals surface area contributed by atoms with Crippen molar-refractivity contribution in [3.63, 3.8) is 0 Å². The van der Waals surface area contributed by atoms with Crippen LogP contribution in [-0.2, 0) is 28.5 Å². The number of fused-ring (bicyclic) bond motifs is 1. The Bertz CT molecular complexity index is 2280. The Morgan fingerprint density at radius 3 is 2.06 bits per heavy atom. The van der Waals surface area contributed by atoms with Gasteiger partial charge in [-0.05, 0) is 48.0 Å². The first-order valence-corrected chi connectivity index (χ1v) is 19.1. The summed E-state index contributed by atoms with van der Waals surface area (Å²) in [7, 11) is 0. The first-order chi connectivity index (χ1) is 29.6. The van der Waals surface area contributed by atoms with E-state index in [1.165, 1.54) is 54.6 Å². The molecule has 0 radical (unpaired) electrons. The molecule has 62 heavy (non-hydrogen) atoms. The van der Waals surface area contributed by atoms with Gasteiger partial charge in [-0.1, -0.05) is 12.1 Å². The van der Waals surface area contributed by atoms with Crippen LogP contribution >= 0.6 is 0 Å². The lowest BCUT2D eigenvalue weighted by atomic mass is 9.89. The molecule has 21 heteroatoms. The monoisotopic (exact) mass is 872 g/mol. The van der Waals surface area contributed by atoms with Gasteiger partial charge in [-0.2, -0.15) is 0 Å². The van der Waals surface area contributed by atoms with E-state index in [2.05, 4.69) is 0 Å². The number of carbonyl (C=O) groups excluding carboxylic acids is 1. The molecule has 12 N–H and O–H groups in total. The number of benzene rings is 3. The molecule has 0 saturated carbocycles. The molecule has 3 fully saturated rings. The van der Waals surface area contributed by atoms with E-state index in [0.29, 0.717) is 11.1 Å². The molecule has 0 bridgehead atoms. The number of aliphatic hydroxyl groups is 9. The highest BCUT2D eigenvalue weighted by atomic mass is 16.7. The smallest absolute Gasteiger partial charge is 0.330 e. The summed E-state index contributed by atoms with van der Waals surface area (Å²) in [6.45, 7) is -2.20. The summed E-state index contributed by atoms with van der Waals surface area (Å²) in [5.41, 5.74) is -0.978. The number of carbonyl (C=O) groups is 1. The van der Waals surface area contributed by atoms with Gasteiger partial charge in [-0.25, -0.2) is 4.79 Å². The van der Waals surface area contributed by atoms with Crippen molar-refractivity contribution in [2.75, 3.05) is 19.8 Å². The summed E-state index contributed by atoms with van der Waals surface area (Å²) in [5.74, 6) is -2.61. The van der Waals surface area contributed by atoms with Gasteiger partial charge in [0, 0.05) is 23.8 Å². The Kier molecular flexibility index (Phi) is 13.5. The third kappa shape index (κ3) is 9.12. The average molecular weight is 873 g/mol. The number of hydrogen-bond donors (Lipinski definition) is 12. The van der Waals surface area contributed by atoms with Crippen molar-refractivity contribution in [2.45, 2.75) is 85.8 Å². The van der Waals surface area contributed by atoms with Crippen LogP contribution in [0.4, 0.5) is 0 Å². The maximum Gasteiger partial charge on any atom is 0.330 e. The fourth-order valence-corrected chi connectivity index (χ4v) is 7.20. The molecule has 14 atom stereocenters. The third-order valence-electron chi connectivity index (χ3n) is 10.6. The van der Waals surface area contributed by atoms with E-state index in [1.807, 2.05) is 0 Å². The zero-order chi connectivity index (χ0) is 44.6. The lowest BCUT2D eigenvalue weighted by Gasteiger charge is -2.45. The van der Waals surface area contributed by atoms with Crippen LogP contribution in [0.1, 0.15) is 17.2 Å². The summed E-state index contributed by atoms with van der Waals surface area (Å²) < 4.78 is 40.2. The number of aromatic hydroxyl groups is 3.